The smallest absolute Gasteiger partial charge is 0.323 e. The molecule has 0 saturated carbocycles. The molecule has 3 rings (SSSR count). The predicted octanol–water partition coefficient (Wildman–Crippen LogP) is 3.95. The second-order valence-electron chi connectivity index (χ2n) is 5.89. The summed E-state index contributed by atoms with van der Waals surface area (Å²) in [5, 5.41) is 6.68. The minimum Gasteiger partial charge on any atom is -0.497 e. The molecule has 0 radical (unpaired) electrons. The highest BCUT2D eigenvalue weighted by Crippen LogP contribution is 2.30. The summed E-state index contributed by atoms with van der Waals surface area (Å²) in [4.78, 5) is 12.6. The van der Waals surface area contributed by atoms with E-state index < -0.39 is 0 Å². The van der Waals surface area contributed by atoms with Gasteiger partial charge in [-0.25, -0.2) is 4.79 Å². The first-order valence-corrected chi connectivity index (χ1v) is 8.53. The van der Waals surface area contributed by atoms with Crippen LogP contribution in [0.3, 0.4) is 0 Å². The Balaban J connectivity index is 1.82. The van der Waals surface area contributed by atoms with Crippen molar-refractivity contribution < 1.29 is 19.0 Å². The number of methoxy groups -OCH3 is 3. The third-order valence-corrected chi connectivity index (χ3v) is 4.23. The van der Waals surface area contributed by atoms with Gasteiger partial charge < -0.3 is 29.4 Å². The van der Waals surface area contributed by atoms with Crippen LogP contribution in [-0.4, -0.2) is 38.5 Å². The zero-order valence-electron chi connectivity index (χ0n) is 15.6. The molecule has 0 aliphatic carbocycles. The van der Waals surface area contributed by atoms with Crippen molar-refractivity contribution >= 4 is 28.3 Å². The zero-order chi connectivity index (χ0) is 19.2. The maximum atomic E-state index is 12.6. The third-order valence-electron chi connectivity index (χ3n) is 4.23. The fraction of sp³-hybridized carbons (Fsp3) is 0.250. The lowest BCUT2D eigenvalue weighted by Crippen LogP contribution is -2.19. The summed E-state index contributed by atoms with van der Waals surface area (Å²) in [6, 6.07) is 12.8. The van der Waals surface area contributed by atoms with Crippen LogP contribution in [-0.2, 0) is 11.3 Å². The first kappa shape index (κ1) is 18.6. The van der Waals surface area contributed by atoms with Gasteiger partial charge in [0.2, 0.25) is 0 Å². The molecule has 1 heterocycles. The van der Waals surface area contributed by atoms with Gasteiger partial charge in [0.05, 0.1) is 37.7 Å². The molecule has 0 aliphatic heterocycles. The molecule has 3 aromatic rings. The molecule has 0 aliphatic rings. The number of aromatic nitrogens is 1. The Morgan fingerprint density at radius 1 is 1.00 bits per heavy atom. The normalized spacial score (nSPS) is 10.6. The van der Waals surface area contributed by atoms with Gasteiger partial charge in [-0.1, -0.05) is 18.2 Å². The highest BCUT2D eigenvalue weighted by atomic mass is 16.5. The molecule has 2 aromatic carbocycles. The largest absolute Gasteiger partial charge is 0.497 e. The van der Waals surface area contributed by atoms with E-state index in [1.165, 1.54) is 0 Å². The molecule has 1 aromatic heterocycles. The summed E-state index contributed by atoms with van der Waals surface area (Å²) in [5.41, 5.74) is 2.28. The number of hydrogen-bond acceptors (Lipinski definition) is 4. The summed E-state index contributed by atoms with van der Waals surface area (Å²) >= 11 is 0. The number of carbonyl (C=O) groups excluding carboxylic acids is 1. The van der Waals surface area contributed by atoms with Crippen molar-refractivity contribution in [3.05, 3.63) is 48.7 Å². The molecule has 7 nitrogen and oxygen atoms in total. The van der Waals surface area contributed by atoms with Gasteiger partial charge in [-0.15, -0.1) is 0 Å². The number of nitrogens with zero attached hydrogens (tertiary/aromatic N) is 1. The van der Waals surface area contributed by atoms with E-state index in [1.54, 1.807) is 39.5 Å². The van der Waals surface area contributed by atoms with Gasteiger partial charge in [-0.05, 0) is 18.2 Å². The predicted molar refractivity (Wildman–Crippen MR) is 106 cm³/mol. The SMILES string of the molecule is COCCn1cc(NC(=O)Nc2cc(OC)ccc2OC)c2ccccc21. The van der Waals surface area contributed by atoms with Crippen molar-refractivity contribution in [2.75, 3.05) is 38.6 Å². The molecule has 7 heteroatoms. The maximum Gasteiger partial charge on any atom is 0.323 e. The first-order chi connectivity index (χ1) is 13.2. The van der Waals surface area contributed by atoms with Crippen LogP contribution < -0.4 is 20.1 Å². The minimum atomic E-state index is -0.365. The number of para-hydroxylation sites is 1. The standard InChI is InChI=1S/C20H23N3O4/c1-25-11-10-23-13-17(15-6-4-5-7-18(15)23)22-20(24)21-16-12-14(26-2)8-9-19(16)27-3/h4-9,12-13H,10-11H2,1-3H3,(H2,21,22,24). The van der Waals surface area contributed by atoms with E-state index in [9.17, 15) is 4.79 Å². The van der Waals surface area contributed by atoms with Gasteiger partial charge in [-0.2, -0.15) is 0 Å². The topological polar surface area (TPSA) is 73.8 Å². The van der Waals surface area contributed by atoms with E-state index in [0.29, 0.717) is 30.3 Å². The van der Waals surface area contributed by atoms with E-state index in [-0.39, 0.29) is 6.03 Å². The molecule has 0 fully saturated rings. The molecule has 0 saturated heterocycles. The Labute approximate surface area is 157 Å². The number of fused-ring (bicyclic) bond motifs is 1. The molecule has 0 atom stereocenters. The van der Waals surface area contributed by atoms with Crippen molar-refractivity contribution in [3.8, 4) is 11.5 Å². The monoisotopic (exact) mass is 369 g/mol. The minimum absolute atomic E-state index is 0.365. The van der Waals surface area contributed by atoms with Crippen LogP contribution >= 0.6 is 0 Å². The van der Waals surface area contributed by atoms with Gasteiger partial charge >= 0.3 is 6.03 Å². The number of rotatable bonds is 7. The van der Waals surface area contributed by atoms with Crippen LogP contribution in [0.5, 0.6) is 11.5 Å². The molecular formula is C20H23N3O4. The van der Waals surface area contributed by atoms with Gasteiger partial charge in [-0.3, -0.25) is 0 Å². The lowest BCUT2D eigenvalue weighted by molar-refractivity contribution is 0.188. The van der Waals surface area contributed by atoms with E-state index in [0.717, 1.165) is 16.6 Å². The van der Waals surface area contributed by atoms with Gasteiger partial charge in [0.25, 0.3) is 0 Å². The quantitative estimate of drug-likeness (QED) is 0.661. The molecule has 142 valence electrons. The van der Waals surface area contributed by atoms with Crippen molar-refractivity contribution in [2.45, 2.75) is 6.54 Å². The number of nitrogens with one attached hydrogen (secondary N) is 2. The Kier molecular flexibility index (Phi) is 5.83. The average molecular weight is 369 g/mol. The summed E-state index contributed by atoms with van der Waals surface area (Å²) < 4.78 is 17.7. The lowest BCUT2D eigenvalue weighted by Gasteiger charge is -2.12. The van der Waals surface area contributed by atoms with E-state index in [1.807, 2.05) is 30.5 Å². The Bertz CT molecular complexity index is 936. The van der Waals surface area contributed by atoms with Gasteiger partial charge in [0.15, 0.2) is 0 Å². The maximum absolute atomic E-state index is 12.6. The van der Waals surface area contributed by atoms with Gasteiger partial charge in [0, 0.05) is 31.3 Å². The number of benzene rings is 2. The number of anilines is 2. The summed E-state index contributed by atoms with van der Waals surface area (Å²) in [5.74, 6) is 1.18. The number of ether oxygens (including phenoxy) is 3. The Morgan fingerprint density at radius 3 is 2.52 bits per heavy atom. The average Bonchev–Trinajstić information content (AvgIpc) is 3.03. The number of urea groups is 1. The van der Waals surface area contributed by atoms with Gasteiger partial charge in [0.1, 0.15) is 11.5 Å². The fourth-order valence-electron chi connectivity index (χ4n) is 2.91. The van der Waals surface area contributed by atoms with Crippen LogP contribution in [0.2, 0.25) is 0 Å². The van der Waals surface area contributed by atoms with Crippen LogP contribution in [0.1, 0.15) is 0 Å². The second-order valence-corrected chi connectivity index (χ2v) is 5.89. The molecular weight excluding hydrogens is 346 g/mol. The summed E-state index contributed by atoms with van der Waals surface area (Å²) in [6.45, 7) is 1.29. The first-order valence-electron chi connectivity index (χ1n) is 8.53. The van der Waals surface area contributed by atoms with Crippen LogP contribution in [0, 0.1) is 0 Å². The second kappa shape index (κ2) is 8.46. The summed E-state index contributed by atoms with van der Waals surface area (Å²) in [7, 11) is 4.79. The van der Waals surface area contributed by atoms with E-state index >= 15 is 0 Å². The van der Waals surface area contributed by atoms with Crippen molar-refractivity contribution in [1.29, 1.82) is 0 Å². The number of carbonyl (C=O) groups is 1. The van der Waals surface area contributed by atoms with E-state index in [4.69, 9.17) is 14.2 Å². The Hall–Kier alpha value is -3.19. The highest BCUT2D eigenvalue weighted by Gasteiger charge is 2.13. The van der Waals surface area contributed by atoms with Crippen LogP contribution in [0.4, 0.5) is 16.2 Å². The molecule has 2 amide bonds. The molecule has 27 heavy (non-hydrogen) atoms. The van der Waals surface area contributed by atoms with Crippen LogP contribution in [0.25, 0.3) is 10.9 Å². The van der Waals surface area contributed by atoms with Crippen molar-refractivity contribution in [3.63, 3.8) is 0 Å². The Morgan fingerprint density at radius 2 is 1.78 bits per heavy atom. The van der Waals surface area contributed by atoms with Crippen molar-refractivity contribution in [2.24, 2.45) is 0 Å². The number of hydrogen-bond donors (Lipinski definition) is 2. The summed E-state index contributed by atoms with van der Waals surface area (Å²) in [6.07, 6.45) is 1.91. The fourth-order valence-corrected chi connectivity index (χ4v) is 2.91. The lowest BCUT2D eigenvalue weighted by atomic mass is 10.2. The van der Waals surface area contributed by atoms with Crippen LogP contribution in [0.15, 0.2) is 48.7 Å². The van der Waals surface area contributed by atoms with Crippen molar-refractivity contribution in [1.82, 2.24) is 4.57 Å². The molecule has 0 spiro atoms. The zero-order valence-corrected chi connectivity index (χ0v) is 15.6. The molecule has 2 N–H and O–H groups in total. The molecule has 0 unspecified atom stereocenters. The highest BCUT2D eigenvalue weighted by molar-refractivity contribution is 6.06. The third kappa shape index (κ3) is 4.15. The molecule has 0 bridgehead atoms. The van der Waals surface area contributed by atoms with E-state index in [2.05, 4.69) is 15.2 Å². The number of amides is 2.